The molecular weight excluding hydrogens is 450 g/mol. The summed E-state index contributed by atoms with van der Waals surface area (Å²) in [4.78, 5) is 13.9. The van der Waals surface area contributed by atoms with Crippen LogP contribution in [0.4, 0.5) is 11.4 Å². The van der Waals surface area contributed by atoms with Crippen molar-refractivity contribution in [2.45, 2.75) is 47.0 Å². The van der Waals surface area contributed by atoms with Gasteiger partial charge in [-0.2, -0.15) is 5.10 Å². The summed E-state index contributed by atoms with van der Waals surface area (Å²) in [6.07, 6.45) is 2.85. The van der Waals surface area contributed by atoms with Gasteiger partial charge in [-0.25, -0.2) is 0 Å². The lowest BCUT2D eigenvalue weighted by Gasteiger charge is -2.27. The Morgan fingerprint density at radius 3 is 2.41 bits per heavy atom. The number of nitrogens with one attached hydrogen (secondary N) is 1. The second-order valence-electron chi connectivity index (χ2n) is 7.90. The first-order valence-corrected chi connectivity index (χ1v) is 12.2. The van der Waals surface area contributed by atoms with Crippen molar-refractivity contribution >= 4 is 23.6 Å². The number of nitrogens with zero attached hydrogens (tertiary/aromatic N) is 4. The summed E-state index contributed by atoms with van der Waals surface area (Å²) >= 11 is 5.61. The molecule has 0 radical (unpaired) electrons. The zero-order chi connectivity index (χ0) is 24.7. The van der Waals surface area contributed by atoms with E-state index in [0.717, 1.165) is 49.4 Å². The van der Waals surface area contributed by atoms with Crippen LogP contribution in [-0.2, 0) is 6.42 Å². The number of anilines is 1. The van der Waals surface area contributed by atoms with E-state index in [2.05, 4.69) is 41.0 Å². The fourth-order valence-corrected chi connectivity index (χ4v) is 4.28. The molecule has 0 atom stereocenters. The number of H-pyrrole nitrogens is 1. The third-order valence-corrected chi connectivity index (χ3v) is 5.88. The third kappa shape index (κ3) is 5.14. The van der Waals surface area contributed by atoms with Crippen LogP contribution in [0, 0.1) is 9.68 Å². The van der Waals surface area contributed by atoms with Gasteiger partial charge in [0, 0.05) is 30.8 Å². The Balaban J connectivity index is 2.28. The Bertz CT molecular complexity index is 1180. The number of benzene rings is 2. The van der Waals surface area contributed by atoms with Crippen molar-refractivity contribution in [3.63, 3.8) is 0 Å². The minimum atomic E-state index is 0.296. The summed E-state index contributed by atoms with van der Waals surface area (Å²) in [5.41, 5.74) is 3.62. The molecule has 0 spiro atoms. The van der Waals surface area contributed by atoms with Gasteiger partial charge in [-0.05, 0) is 61.3 Å². The predicted molar refractivity (Wildman–Crippen MR) is 140 cm³/mol. The lowest BCUT2D eigenvalue weighted by Crippen LogP contribution is -2.25. The standard InChI is InChI=1S/C25H33N5O3S/c1-6-12-29(13-7-2)20-15-22(32-5)21(16-23(20)33-9-4)30-24(26-27-25(30)34)18-14-17(8-3)10-11-19(18)28-31/h10-11,14-16H,6-9,12-13H2,1-5H3,(H,27,34). The van der Waals surface area contributed by atoms with Crippen LogP contribution in [-0.4, -0.2) is 41.6 Å². The highest BCUT2D eigenvalue weighted by molar-refractivity contribution is 7.71. The van der Waals surface area contributed by atoms with E-state index in [1.807, 2.05) is 31.2 Å². The molecular formula is C25H33N5O3S. The van der Waals surface area contributed by atoms with E-state index >= 15 is 0 Å². The third-order valence-electron chi connectivity index (χ3n) is 5.61. The van der Waals surface area contributed by atoms with E-state index in [1.165, 1.54) is 0 Å². The van der Waals surface area contributed by atoms with E-state index < -0.39 is 0 Å². The van der Waals surface area contributed by atoms with Gasteiger partial charge in [-0.1, -0.05) is 26.8 Å². The minimum Gasteiger partial charge on any atom is -0.494 e. The number of nitroso groups, excluding NO2 is 1. The maximum atomic E-state index is 11.6. The Labute approximate surface area is 205 Å². The van der Waals surface area contributed by atoms with E-state index in [-0.39, 0.29) is 0 Å². The first-order chi connectivity index (χ1) is 16.5. The molecule has 9 heteroatoms. The number of rotatable bonds is 12. The normalized spacial score (nSPS) is 10.9. The highest BCUT2D eigenvalue weighted by atomic mass is 32.1. The van der Waals surface area contributed by atoms with Crippen LogP contribution in [0.15, 0.2) is 35.5 Å². The van der Waals surface area contributed by atoms with Crippen LogP contribution >= 0.6 is 12.2 Å². The largest absolute Gasteiger partial charge is 0.494 e. The number of ether oxygens (including phenoxy) is 2. The number of aromatic amines is 1. The second kappa shape index (κ2) is 11.8. The van der Waals surface area contributed by atoms with E-state index in [0.29, 0.717) is 39.9 Å². The SMILES string of the molecule is CCCN(CCC)c1cc(OC)c(-n2c(-c3cc(CC)ccc3N=O)n[nH]c2=S)cc1OCC. The predicted octanol–water partition coefficient (Wildman–Crippen LogP) is 6.59. The summed E-state index contributed by atoms with van der Waals surface area (Å²) in [6, 6.07) is 9.45. The van der Waals surface area contributed by atoms with Gasteiger partial charge in [0.2, 0.25) is 0 Å². The zero-order valence-corrected chi connectivity index (χ0v) is 21.4. The van der Waals surface area contributed by atoms with Gasteiger partial charge in [0.1, 0.15) is 17.2 Å². The average molecular weight is 484 g/mol. The highest BCUT2D eigenvalue weighted by Crippen LogP contribution is 2.40. The van der Waals surface area contributed by atoms with Gasteiger partial charge >= 0.3 is 0 Å². The van der Waals surface area contributed by atoms with Gasteiger partial charge in [0.15, 0.2) is 10.6 Å². The molecule has 0 amide bonds. The van der Waals surface area contributed by atoms with Crippen molar-refractivity contribution in [1.82, 2.24) is 14.8 Å². The summed E-state index contributed by atoms with van der Waals surface area (Å²) in [5, 5.41) is 10.5. The lowest BCUT2D eigenvalue weighted by atomic mass is 10.1. The smallest absolute Gasteiger partial charge is 0.200 e. The number of hydrogen-bond donors (Lipinski definition) is 1. The van der Waals surface area contributed by atoms with Crippen molar-refractivity contribution in [3.05, 3.63) is 45.6 Å². The van der Waals surface area contributed by atoms with Crippen LogP contribution < -0.4 is 14.4 Å². The maximum absolute atomic E-state index is 11.6. The van der Waals surface area contributed by atoms with E-state index in [1.54, 1.807) is 17.7 Å². The van der Waals surface area contributed by atoms with Crippen molar-refractivity contribution in [2.24, 2.45) is 5.18 Å². The molecule has 0 saturated heterocycles. The number of aryl methyl sites for hydroxylation is 1. The monoisotopic (exact) mass is 483 g/mol. The summed E-state index contributed by atoms with van der Waals surface area (Å²) in [7, 11) is 1.63. The van der Waals surface area contributed by atoms with Crippen LogP contribution in [0.25, 0.3) is 17.1 Å². The van der Waals surface area contributed by atoms with Crippen LogP contribution in [0.1, 0.15) is 46.1 Å². The molecule has 0 bridgehead atoms. The molecule has 0 unspecified atom stereocenters. The molecule has 0 aliphatic carbocycles. The zero-order valence-electron chi connectivity index (χ0n) is 20.6. The number of hydrogen-bond acceptors (Lipinski definition) is 7. The molecule has 1 aromatic heterocycles. The van der Waals surface area contributed by atoms with Crippen molar-refractivity contribution < 1.29 is 9.47 Å². The Kier molecular flexibility index (Phi) is 8.81. The molecule has 1 N–H and O–H groups in total. The topological polar surface area (TPSA) is 84.7 Å². The lowest BCUT2D eigenvalue weighted by molar-refractivity contribution is 0.338. The summed E-state index contributed by atoms with van der Waals surface area (Å²) in [5.74, 6) is 1.86. The van der Waals surface area contributed by atoms with Gasteiger partial charge in [-0.15, -0.1) is 4.91 Å². The fourth-order valence-electron chi connectivity index (χ4n) is 4.05. The first-order valence-electron chi connectivity index (χ1n) is 11.8. The molecule has 0 fully saturated rings. The van der Waals surface area contributed by atoms with Crippen molar-refractivity contribution in [2.75, 3.05) is 31.7 Å². The number of aromatic nitrogens is 3. The molecule has 0 aliphatic rings. The highest BCUT2D eigenvalue weighted by Gasteiger charge is 2.22. The maximum Gasteiger partial charge on any atom is 0.200 e. The molecule has 34 heavy (non-hydrogen) atoms. The molecule has 3 aromatic rings. The van der Waals surface area contributed by atoms with Gasteiger partial charge in [-0.3, -0.25) is 9.67 Å². The molecule has 2 aromatic carbocycles. The Morgan fingerprint density at radius 2 is 1.82 bits per heavy atom. The molecule has 182 valence electrons. The first kappa shape index (κ1) is 25.4. The quantitative estimate of drug-likeness (QED) is 0.231. The van der Waals surface area contributed by atoms with Crippen LogP contribution in [0.5, 0.6) is 11.5 Å². The molecule has 1 heterocycles. The Hall–Kier alpha value is -3.20. The van der Waals surface area contributed by atoms with E-state index in [9.17, 15) is 4.91 Å². The molecule has 0 saturated carbocycles. The second-order valence-corrected chi connectivity index (χ2v) is 8.28. The summed E-state index contributed by atoms with van der Waals surface area (Å²) in [6.45, 7) is 10.7. The summed E-state index contributed by atoms with van der Waals surface area (Å²) < 4.78 is 14.0. The van der Waals surface area contributed by atoms with Gasteiger partial charge < -0.3 is 14.4 Å². The molecule has 0 aliphatic heterocycles. The Morgan fingerprint density at radius 1 is 1.09 bits per heavy atom. The van der Waals surface area contributed by atoms with Gasteiger partial charge in [0.05, 0.1) is 25.1 Å². The molecule has 8 nitrogen and oxygen atoms in total. The van der Waals surface area contributed by atoms with Gasteiger partial charge in [0.25, 0.3) is 0 Å². The van der Waals surface area contributed by atoms with Crippen molar-refractivity contribution in [1.29, 1.82) is 0 Å². The van der Waals surface area contributed by atoms with E-state index in [4.69, 9.17) is 21.7 Å². The molecule has 3 rings (SSSR count). The fraction of sp³-hybridized carbons (Fsp3) is 0.440. The van der Waals surface area contributed by atoms with Crippen molar-refractivity contribution in [3.8, 4) is 28.6 Å². The van der Waals surface area contributed by atoms with Crippen LogP contribution in [0.3, 0.4) is 0 Å². The average Bonchev–Trinajstić information content (AvgIpc) is 3.24. The number of methoxy groups -OCH3 is 1. The van der Waals surface area contributed by atoms with Crippen LogP contribution in [0.2, 0.25) is 0 Å². The minimum absolute atomic E-state index is 0.296.